The molecule has 3 heteroatoms. The van der Waals surface area contributed by atoms with Gasteiger partial charge in [0.05, 0.1) is 0 Å². The predicted octanol–water partition coefficient (Wildman–Crippen LogP) is 2.79. The van der Waals surface area contributed by atoms with Crippen molar-refractivity contribution in [3.63, 3.8) is 0 Å². The Morgan fingerprint density at radius 3 is 2.69 bits per heavy atom. The van der Waals surface area contributed by atoms with Crippen molar-refractivity contribution in [3.05, 3.63) is 24.3 Å². The lowest BCUT2D eigenvalue weighted by Crippen LogP contribution is -2.23. The minimum Gasteiger partial charge on any atom is -0.492 e. The number of hydrogen-bond acceptors (Lipinski definition) is 3. The van der Waals surface area contributed by atoms with Gasteiger partial charge in [-0.15, -0.1) is 11.8 Å². The molecule has 0 bridgehead atoms. The Kier molecular flexibility index (Phi) is 4.55. The van der Waals surface area contributed by atoms with E-state index < -0.39 is 0 Å². The van der Waals surface area contributed by atoms with Crippen LogP contribution in [0, 0.1) is 5.92 Å². The Hall–Kier alpha value is -0.670. The first-order valence-electron chi connectivity index (χ1n) is 5.86. The second-order valence-corrected chi connectivity index (χ2v) is 5.05. The van der Waals surface area contributed by atoms with Gasteiger partial charge >= 0.3 is 0 Å². The third kappa shape index (κ3) is 4.06. The van der Waals surface area contributed by atoms with Gasteiger partial charge in [-0.2, -0.15) is 0 Å². The van der Waals surface area contributed by atoms with E-state index >= 15 is 0 Å². The second kappa shape index (κ2) is 6.16. The Morgan fingerprint density at radius 2 is 2.06 bits per heavy atom. The highest BCUT2D eigenvalue weighted by Gasteiger charge is 2.19. The summed E-state index contributed by atoms with van der Waals surface area (Å²) in [5, 5.41) is 3.41. The number of ether oxygens (including phenoxy) is 1. The van der Waals surface area contributed by atoms with Crippen molar-refractivity contribution in [2.24, 2.45) is 5.92 Å². The zero-order chi connectivity index (χ0) is 11.2. The van der Waals surface area contributed by atoms with Crippen LogP contribution in [-0.2, 0) is 0 Å². The van der Waals surface area contributed by atoms with E-state index in [2.05, 4.69) is 23.7 Å². The first-order valence-corrected chi connectivity index (χ1v) is 7.08. The lowest BCUT2D eigenvalue weighted by Gasteiger charge is -2.07. The molecule has 2 rings (SSSR count). The van der Waals surface area contributed by atoms with Crippen molar-refractivity contribution in [2.45, 2.75) is 17.7 Å². The molecule has 0 radical (unpaired) electrons. The normalized spacial score (nSPS) is 15.1. The summed E-state index contributed by atoms with van der Waals surface area (Å²) in [6, 6.07) is 8.26. The number of nitrogens with one attached hydrogen (secondary N) is 1. The fraction of sp³-hybridized carbons (Fsp3) is 0.538. The summed E-state index contributed by atoms with van der Waals surface area (Å²) in [5.41, 5.74) is 0. The molecule has 0 saturated heterocycles. The Balaban J connectivity index is 1.60. The fourth-order valence-corrected chi connectivity index (χ4v) is 1.95. The largest absolute Gasteiger partial charge is 0.492 e. The number of rotatable bonds is 7. The van der Waals surface area contributed by atoms with E-state index in [1.165, 1.54) is 17.7 Å². The van der Waals surface area contributed by atoms with Crippen LogP contribution in [0.25, 0.3) is 0 Å². The summed E-state index contributed by atoms with van der Waals surface area (Å²) in [6.45, 7) is 2.86. The van der Waals surface area contributed by atoms with Gasteiger partial charge in [-0.25, -0.2) is 0 Å². The molecule has 0 aromatic heterocycles. The van der Waals surface area contributed by atoms with Crippen LogP contribution in [0.5, 0.6) is 5.75 Å². The SMILES string of the molecule is CSc1ccc(OCCNCC2CC2)cc1. The monoisotopic (exact) mass is 237 g/mol. The van der Waals surface area contributed by atoms with Crippen molar-refractivity contribution < 1.29 is 4.74 Å². The van der Waals surface area contributed by atoms with Gasteiger partial charge in [0, 0.05) is 11.4 Å². The number of hydrogen-bond donors (Lipinski definition) is 1. The van der Waals surface area contributed by atoms with E-state index in [-0.39, 0.29) is 0 Å². The van der Waals surface area contributed by atoms with Crippen molar-refractivity contribution in [2.75, 3.05) is 26.0 Å². The molecule has 1 aromatic carbocycles. The highest BCUT2D eigenvalue weighted by Crippen LogP contribution is 2.27. The average Bonchev–Trinajstić information content (AvgIpc) is 3.13. The smallest absolute Gasteiger partial charge is 0.119 e. The fourth-order valence-electron chi connectivity index (χ4n) is 1.54. The van der Waals surface area contributed by atoms with Crippen molar-refractivity contribution in [1.82, 2.24) is 5.32 Å². The standard InChI is InChI=1S/C13H19NOS/c1-16-13-6-4-12(5-7-13)15-9-8-14-10-11-2-3-11/h4-7,11,14H,2-3,8-10H2,1H3. The van der Waals surface area contributed by atoms with E-state index in [1.807, 2.05) is 12.1 Å². The van der Waals surface area contributed by atoms with Crippen LogP contribution < -0.4 is 10.1 Å². The summed E-state index contributed by atoms with van der Waals surface area (Å²) < 4.78 is 5.64. The Bertz CT molecular complexity index is 308. The van der Waals surface area contributed by atoms with E-state index in [9.17, 15) is 0 Å². The summed E-state index contributed by atoms with van der Waals surface area (Å²) in [5.74, 6) is 1.91. The predicted molar refractivity (Wildman–Crippen MR) is 69.3 cm³/mol. The minimum atomic E-state index is 0.755. The van der Waals surface area contributed by atoms with Gasteiger partial charge in [-0.05, 0) is 55.8 Å². The maximum atomic E-state index is 5.64. The molecule has 0 atom stereocenters. The first-order chi connectivity index (χ1) is 7.88. The molecule has 0 unspecified atom stereocenters. The van der Waals surface area contributed by atoms with Crippen LogP contribution in [0.1, 0.15) is 12.8 Å². The quantitative estimate of drug-likeness (QED) is 0.582. The second-order valence-electron chi connectivity index (χ2n) is 4.17. The van der Waals surface area contributed by atoms with Gasteiger partial charge in [-0.3, -0.25) is 0 Å². The van der Waals surface area contributed by atoms with Crippen LogP contribution >= 0.6 is 11.8 Å². The zero-order valence-electron chi connectivity index (χ0n) is 9.74. The summed E-state index contributed by atoms with van der Waals surface area (Å²) in [6.07, 6.45) is 4.89. The molecule has 16 heavy (non-hydrogen) atoms. The molecule has 0 spiro atoms. The van der Waals surface area contributed by atoms with E-state index in [0.717, 1.165) is 31.4 Å². The van der Waals surface area contributed by atoms with Crippen LogP contribution in [0.15, 0.2) is 29.2 Å². The van der Waals surface area contributed by atoms with Crippen LogP contribution in [0.3, 0.4) is 0 Å². The van der Waals surface area contributed by atoms with Crippen molar-refractivity contribution in [1.29, 1.82) is 0 Å². The molecular weight excluding hydrogens is 218 g/mol. The van der Waals surface area contributed by atoms with Crippen LogP contribution in [0.2, 0.25) is 0 Å². The first kappa shape index (κ1) is 11.8. The molecule has 1 aliphatic carbocycles. The van der Waals surface area contributed by atoms with E-state index in [4.69, 9.17) is 4.74 Å². The van der Waals surface area contributed by atoms with E-state index in [1.54, 1.807) is 11.8 Å². The third-order valence-electron chi connectivity index (χ3n) is 2.74. The zero-order valence-corrected chi connectivity index (χ0v) is 10.6. The van der Waals surface area contributed by atoms with Gasteiger partial charge in [0.15, 0.2) is 0 Å². The average molecular weight is 237 g/mol. The lowest BCUT2D eigenvalue weighted by atomic mass is 10.3. The molecule has 0 aliphatic heterocycles. The molecule has 1 fully saturated rings. The number of thioether (sulfide) groups is 1. The van der Waals surface area contributed by atoms with Gasteiger partial charge in [0.2, 0.25) is 0 Å². The Morgan fingerprint density at radius 1 is 1.31 bits per heavy atom. The van der Waals surface area contributed by atoms with Gasteiger partial charge < -0.3 is 10.1 Å². The molecule has 88 valence electrons. The van der Waals surface area contributed by atoms with Crippen molar-refractivity contribution in [3.8, 4) is 5.75 Å². The van der Waals surface area contributed by atoms with Gasteiger partial charge in [-0.1, -0.05) is 0 Å². The lowest BCUT2D eigenvalue weighted by molar-refractivity contribution is 0.313. The molecular formula is C13H19NOS. The summed E-state index contributed by atoms with van der Waals surface area (Å²) in [4.78, 5) is 1.28. The summed E-state index contributed by atoms with van der Waals surface area (Å²) in [7, 11) is 0. The summed E-state index contributed by atoms with van der Waals surface area (Å²) >= 11 is 1.75. The molecule has 1 saturated carbocycles. The topological polar surface area (TPSA) is 21.3 Å². The van der Waals surface area contributed by atoms with Gasteiger partial charge in [0.1, 0.15) is 12.4 Å². The maximum absolute atomic E-state index is 5.64. The molecule has 1 aromatic rings. The van der Waals surface area contributed by atoms with E-state index in [0.29, 0.717) is 0 Å². The highest BCUT2D eigenvalue weighted by atomic mass is 32.2. The molecule has 0 amide bonds. The number of benzene rings is 1. The molecule has 1 aliphatic rings. The minimum absolute atomic E-state index is 0.755. The highest BCUT2D eigenvalue weighted by molar-refractivity contribution is 7.98. The molecule has 1 N–H and O–H groups in total. The third-order valence-corrected chi connectivity index (χ3v) is 3.48. The molecule has 0 heterocycles. The van der Waals surface area contributed by atoms with Crippen molar-refractivity contribution >= 4 is 11.8 Å². The van der Waals surface area contributed by atoms with Crippen LogP contribution in [0.4, 0.5) is 0 Å². The van der Waals surface area contributed by atoms with Gasteiger partial charge in [0.25, 0.3) is 0 Å². The Labute approximate surface area is 102 Å². The van der Waals surface area contributed by atoms with Crippen LogP contribution in [-0.4, -0.2) is 26.0 Å². The molecule has 2 nitrogen and oxygen atoms in total. The maximum Gasteiger partial charge on any atom is 0.119 e.